The van der Waals surface area contributed by atoms with Crippen molar-refractivity contribution in [3.05, 3.63) is 34.9 Å². The number of nitrogens with one attached hydrogen (secondary N) is 1. The molecule has 112 valence electrons. The van der Waals surface area contributed by atoms with Crippen LogP contribution in [0.15, 0.2) is 18.2 Å². The Kier molecular flexibility index (Phi) is 6.68. The van der Waals surface area contributed by atoms with Gasteiger partial charge in [0.05, 0.1) is 19.6 Å². The smallest absolute Gasteiger partial charge is 0.307 e. The van der Waals surface area contributed by atoms with Gasteiger partial charge in [0.15, 0.2) is 0 Å². The highest BCUT2D eigenvalue weighted by molar-refractivity contribution is 5.70. The van der Waals surface area contributed by atoms with Crippen molar-refractivity contribution in [2.75, 3.05) is 13.7 Å². The largest absolute Gasteiger partial charge is 0.469 e. The third-order valence-electron chi connectivity index (χ3n) is 3.52. The van der Waals surface area contributed by atoms with Gasteiger partial charge in [-0.15, -0.1) is 0 Å². The van der Waals surface area contributed by atoms with Crippen molar-refractivity contribution < 1.29 is 14.6 Å². The molecule has 0 aliphatic rings. The minimum absolute atomic E-state index is 0.157. The van der Waals surface area contributed by atoms with Crippen molar-refractivity contribution >= 4 is 5.97 Å². The monoisotopic (exact) mass is 279 g/mol. The Labute approximate surface area is 121 Å². The predicted molar refractivity (Wildman–Crippen MR) is 79.6 cm³/mol. The highest BCUT2D eigenvalue weighted by atomic mass is 16.5. The Morgan fingerprint density at radius 3 is 2.60 bits per heavy atom. The maximum absolute atomic E-state index is 11.5. The molecule has 0 saturated carbocycles. The summed E-state index contributed by atoms with van der Waals surface area (Å²) in [5.74, 6) is -0.318. The molecule has 0 aliphatic carbocycles. The summed E-state index contributed by atoms with van der Waals surface area (Å²) in [5, 5.41) is 13.7. The lowest BCUT2D eigenvalue weighted by Crippen LogP contribution is -2.37. The van der Waals surface area contributed by atoms with E-state index in [4.69, 9.17) is 4.74 Å². The normalized spacial score (nSPS) is 13.8. The number of ether oxygens (including phenoxy) is 1. The second kappa shape index (κ2) is 8.02. The van der Waals surface area contributed by atoms with Gasteiger partial charge >= 0.3 is 5.97 Å². The number of esters is 1. The summed E-state index contributed by atoms with van der Waals surface area (Å²) in [6, 6.07) is 5.54. The Balaban J connectivity index is 2.86. The number of aryl methyl sites for hydroxylation is 2. The van der Waals surface area contributed by atoms with Gasteiger partial charge in [-0.3, -0.25) is 4.79 Å². The summed E-state index contributed by atoms with van der Waals surface area (Å²) in [6.45, 7) is 6.85. The van der Waals surface area contributed by atoms with Crippen molar-refractivity contribution in [2.24, 2.45) is 0 Å². The van der Waals surface area contributed by atoms with Crippen LogP contribution in [0, 0.1) is 13.8 Å². The Bertz CT molecular complexity index is 445. The highest BCUT2D eigenvalue weighted by Gasteiger charge is 2.23. The Morgan fingerprint density at radius 2 is 2.05 bits per heavy atom. The maximum Gasteiger partial charge on any atom is 0.307 e. The molecule has 1 rings (SSSR count). The summed E-state index contributed by atoms with van der Waals surface area (Å²) < 4.78 is 4.70. The molecule has 0 saturated heterocycles. The number of aliphatic hydroxyl groups is 1. The Morgan fingerprint density at radius 1 is 1.35 bits per heavy atom. The zero-order chi connectivity index (χ0) is 15.1. The third kappa shape index (κ3) is 4.62. The molecule has 2 N–H and O–H groups in total. The van der Waals surface area contributed by atoms with E-state index in [0.717, 1.165) is 24.1 Å². The fourth-order valence-corrected chi connectivity index (χ4v) is 2.07. The van der Waals surface area contributed by atoms with Gasteiger partial charge in [-0.25, -0.2) is 0 Å². The molecule has 4 nitrogen and oxygen atoms in total. The van der Waals surface area contributed by atoms with Gasteiger partial charge in [0.1, 0.15) is 0 Å². The van der Waals surface area contributed by atoms with Crippen LogP contribution in [-0.4, -0.2) is 30.8 Å². The fraction of sp³-hybridized carbons (Fsp3) is 0.562. The number of benzene rings is 1. The van der Waals surface area contributed by atoms with Gasteiger partial charge in [-0.2, -0.15) is 0 Å². The van der Waals surface area contributed by atoms with Crippen LogP contribution in [0.25, 0.3) is 0 Å². The molecule has 0 amide bonds. The first-order valence-electron chi connectivity index (χ1n) is 7.05. The van der Waals surface area contributed by atoms with Gasteiger partial charge in [-0.1, -0.05) is 25.1 Å². The summed E-state index contributed by atoms with van der Waals surface area (Å²) in [5.41, 5.74) is 3.14. The van der Waals surface area contributed by atoms with Crippen molar-refractivity contribution in [1.29, 1.82) is 0 Å². The standard InChI is InChI=1S/C16H25NO3/c1-5-8-17-14(10-15(18)20-4)16(19)13-7-6-11(2)12(3)9-13/h6-7,9,14,16-17,19H,5,8,10H2,1-4H3. The van der Waals surface area contributed by atoms with Gasteiger partial charge in [-0.05, 0) is 43.5 Å². The lowest BCUT2D eigenvalue weighted by atomic mass is 9.96. The average Bonchev–Trinajstić information content (AvgIpc) is 2.45. The van der Waals surface area contributed by atoms with Crippen LogP contribution in [0.2, 0.25) is 0 Å². The first-order chi connectivity index (χ1) is 9.49. The molecule has 0 fully saturated rings. The predicted octanol–water partition coefficient (Wildman–Crippen LogP) is 2.27. The van der Waals surface area contributed by atoms with Crippen molar-refractivity contribution in [3.63, 3.8) is 0 Å². The molecule has 20 heavy (non-hydrogen) atoms. The van der Waals surface area contributed by atoms with Crippen LogP contribution in [0.5, 0.6) is 0 Å². The van der Waals surface area contributed by atoms with E-state index >= 15 is 0 Å². The molecule has 2 atom stereocenters. The molecule has 1 aromatic rings. The van der Waals surface area contributed by atoms with E-state index in [0.29, 0.717) is 0 Å². The minimum atomic E-state index is -0.722. The van der Waals surface area contributed by atoms with Crippen LogP contribution in [0.1, 0.15) is 42.6 Å². The zero-order valence-electron chi connectivity index (χ0n) is 12.8. The second-order valence-corrected chi connectivity index (χ2v) is 5.13. The van der Waals surface area contributed by atoms with E-state index in [1.807, 2.05) is 39.0 Å². The van der Waals surface area contributed by atoms with Gasteiger partial charge in [0.2, 0.25) is 0 Å². The van der Waals surface area contributed by atoms with Crippen LogP contribution in [-0.2, 0) is 9.53 Å². The van der Waals surface area contributed by atoms with Crippen molar-refractivity contribution in [1.82, 2.24) is 5.32 Å². The molecule has 1 aromatic carbocycles. The number of rotatable bonds is 7. The highest BCUT2D eigenvalue weighted by Crippen LogP contribution is 2.22. The lowest BCUT2D eigenvalue weighted by Gasteiger charge is -2.24. The second-order valence-electron chi connectivity index (χ2n) is 5.13. The van der Waals surface area contributed by atoms with E-state index < -0.39 is 6.10 Å². The van der Waals surface area contributed by atoms with E-state index in [2.05, 4.69) is 5.32 Å². The average molecular weight is 279 g/mol. The summed E-state index contributed by atoms with van der Waals surface area (Å²) in [7, 11) is 1.36. The fourth-order valence-electron chi connectivity index (χ4n) is 2.07. The molecule has 0 heterocycles. The summed E-state index contributed by atoms with van der Waals surface area (Å²) in [4.78, 5) is 11.5. The van der Waals surface area contributed by atoms with Crippen LogP contribution < -0.4 is 5.32 Å². The lowest BCUT2D eigenvalue weighted by molar-refractivity contribution is -0.142. The first-order valence-corrected chi connectivity index (χ1v) is 7.05. The summed E-state index contributed by atoms with van der Waals surface area (Å²) >= 11 is 0. The maximum atomic E-state index is 11.5. The Hall–Kier alpha value is -1.39. The van der Waals surface area contributed by atoms with E-state index in [9.17, 15) is 9.90 Å². The molecule has 0 aliphatic heterocycles. The molecular formula is C16H25NO3. The molecular weight excluding hydrogens is 254 g/mol. The number of aliphatic hydroxyl groups excluding tert-OH is 1. The SMILES string of the molecule is CCCNC(CC(=O)OC)C(O)c1ccc(C)c(C)c1. The number of methoxy groups -OCH3 is 1. The van der Waals surface area contributed by atoms with E-state index in [-0.39, 0.29) is 18.4 Å². The number of carbonyl (C=O) groups is 1. The van der Waals surface area contributed by atoms with Crippen molar-refractivity contribution in [3.8, 4) is 0 Å². The van der Waals surface area contributed by atoms with Gasteiger partial charge in [0, 0.05) is 6.04 Å². The molecule has 4 heteroatoms. The molecule has 0 spiro atoms. The topological polar surface area (TPSA) is 58.6 Å². The quantitative estimate of drug-likeness (QED) is 0.752. The molecule has 0 aromatic heterocycles. The van der Waals surface area contributed by atoms with Gasteiger partial charge in [0.25, 0.3) is 0 Å². The number of hydrogen-bond acceptors (Lipinski definition) is 4. The van der Waals surface area contributed by atoms with Gasteiger partial charge < -0.3 is 15.2 Å². The zero-order valence-corrected chi connectivity index (χ0v) is 12.8. The van der Waals surface area contributed by atoms with E-state index in [1.165, 1.54) is 12.7 Å². The molecule has 2 unspecified atom stereocenters. The van der Waals surface area contributed by atoms with Crippen LogP contribution >= 0.6 is 0 Å². The number of hydrogen-bond donors (Lipinski definition) is 2. The van der Waals surface area contributed by atoms with Crippen molar-refractivity contribution in [2.45, 2.75) is 45.8 Å². The molecule has 0 radical (unpaired) electrons. The van der Waals surface area contributed by atoms with Crippen LogP contribution in [0.3, 0.4) is 0 Å². The molecule has 0 bridgehead atoms. The minimum Gasteiger partial charge on any atom is -0.469 e. The third-order valence-corrected chi connectivity index (χ3v) is 3.52. The first kappa shape index (κ1) is 16.7. The van der Waals surface area contributed by atoms with E-state index in [1.54, 1.807) is 0 Å². The summed E-state index contributed by atoms with van der Waals surface area (Å²) in [6.07, 6.45) is 0.377. The van der Waals surface area contributed by atoms with Crippen LogP contribution in [0.4, 0.5) is 0 Å². The number of carbonyl (C=O) groups excluding carboxylic acids is 1.